The second-order valence-corrected chi connectivity index (χ2v) is 5.61. The molecular weight excluding hydrogens is 334 g/mol. The SMILES string of the molecule is O=C(O)C(Cc1ccc(Br)cc1)c1nccn2nccc12. The minimum atomic E-state index is -0.889. The van der Waals surface area contributed by atoms with Gasteiger partial charge in [0.2, 0.25) is 0 Å². The Balaban J connectivity index is 2.00. The van der Waals surface area contributed by atoms with Crippen LogP contribution in [0.3, 0.4) is 0 Å². The molecule has 3 rings (SSSR count). The van der Waals surface area contributed by atoms with E-state index in [1.807, 2.05) is 24.3 Å². The molecule has 1 aromatic carbocycles. The highest BCUT2D eigenvalue weighted by atomic mass is 79.9. The molecule has 2 aromatic heterocycles. The van der Waals surface area contributed by atoms with Gasteiger partial charge in [0, 0.05) is 16.9 Å². The van der Waals surface area contributed by atoms with Crippen LogP contribution in [0, 0.1) is 0 Å². The van der Waals surface area contributed by atoms with Gasteiger partial charge in [-0.15, -0.1) is 0 Å². The zero-order chi connectivity index (χ0) is 14.8. The molecule has 0 bridgehead atoms. The summed E-state index contributed by atoms with van der Waals surface area (Å²) in [4.78, 5) is 15.9. The lowest BCUT2D eigenvalue weighted by molar-refractivity contribution is -0.138. The molecule has 6 heteroatoms. The van der Waals surface area contributed by atoms with Gasteiger partial charge in [0.15, 0.2) is 0 Å². The molecule has 2 heterocycles. The highest BCUT2D eigenvalue weighted by molar-refractivity contribution is 9.10. The minimum absolute atomic E-state index is 0.389. The third-order valence-corrected chi connectivity index (χ3v) is 3.86. The van der Waals surface area contributed by atoms with Crippen molar-refractivity contribution in [2.24, 2.45) is 0 Å². The number of hydrogen-bond donors (Lipinski definition) is 1. The lowest BCUT2D eigenvalue weighted by Gasteiger charge is -2.13. The molecule has 0 fully saturated rings. The van der Waals surface area contributed by atoms with Crippen molar-refractivity contribution in [3.63, 3.8) is 0 Å². The molecule has 1 unspecified atom stereocenters. The van der Waals surface area contributed by atoms with E-state index in [4.69, 9.17) is 0 Å². The Hall–Kier alpha value is -2.21. The number of hydrogen-bond acceptors (Lipinski definition) is 3. The van der Waals surface area contributed by atoms with Crippen LogP contribution in [0.1, 0.15) is 17.2 Å². The molecule has 3 aromatic rings. The predicted octanol–water partition coefficient (Wildman–Crippen LogP) is 2.90. The maximum atomic E-state index is 11.7. The zero-order valence-electron chi connectivity index (χ0n) is 11.0. The summed E-state index contributed by atoms with van der Waals surface area (Å²) < 4.78 is 2.61. The number of rotatable bonds is 4. The van der Waals surface area contributed by atoms with Crippen LogP contribution in [-0.4, -0.2) is 25.7 Å². The number of fused-ring (bicyclic) bond motifs is 1. The first-order chi connectivity index (χ1) is 10.1. The summed E-state index contributed by atoms with van der Waals surface area (Å²) >= 11 is 3.37. The highest BCUT2D eigenvalue weighted by Gasteiger charge is 2.24. The summed E-state index contributed by atoms with van der Waals surface area (Å²) in [6, 6.07) is 9.41. The van der Waals surface area contributed by atoms with E-state index in [1.165, 1.54) is 0 Å². The minimum Gasteiger partial charge on any atom is -0.481 e. The number of aliphatic carboxylic acids is 1. The fourth-order valence-corrected chi connectivity index (χ4v) is 2.57. The van der Waals surface area contributed by atoms with Crippen LogP contribution in [0.4, 0.5) is 0 Å². The van der Waals surface area contributed by atoms with Crippen LogP contribution in [-0.2, 0) is 11.2 Å². The molecule has 1 atom stereocenters. The topological polar surface area (TPSA) is 67.5 Å². The van der Waals surface area contributed by atoms with Crippen molar-refractivity contribution >= 4 is 27.4 Å². The third kappa shape index (κ3) is 2.80. The number of aromatic nitrogens is 3. The molecule has 0 saturated carbocycles. The summed E-state index contributed by atoms with van der Waals surface area (Å²) in [5, 5.41) is 13.7. The van der Waals surface area contributed by atoms with Crippen molar-refractivity contribution in [3.8, 4) is 0 Å². The van der Waals surface area contributed by atoms with Crippen LogP contribution in [0.15, 0.2) is 53.4 Å². The van der Waals surface area contributed by atoms with Gasteiger partial charge in [-0.25, -0.2) is 4.52 Å². The van der Waals surface area contributed by atoms with Gasteiger partial charge in [-0.3, -0.25) is 9.78 Å². The Labute approximate surface area is 129 Å². The van der Waals surface area contributed by atoms with Crippen molar-refractivity contribution in [1.29, 1.82) is 0 Å². The highest BCUT2D eigenvalue weighted by Crippen LogP contribution is 2.24. The Morgan fingerprint density at radius 2 is 2.00 bits per heavy atom. The summed E-state index contributed by atoms with van der Waals surface area (Å²) in [6.45, 7) is 0. The van der Waals surface area contributed by atoms with Crippen molar-refractivity contribution in [2.75, 3.05) is 0 Å². The molecule has 21 heavy (non-hydrogen) atoms. The molecule has 0 radical (unpaired) electrons. The molecule has 1 N–H and O–H groups in total. The molecule has 0 amide bonds. The van der Waals surface area contributed by atoms with Gasteiger partial charge in [-0.2, -0.15) is 5.10 Å². The van der Waals surface area contributed by atoms with Gasteiger partial charge < -0.3 is 5.11 Å². The molecular formula is C15H12BrN3O2. The van der Waals surface area contributed by atoms with E-state index in [2.05, 4.69) is 26.0 Å². The number of nitrogens with zero attached hydrogens (tertiary/aromatic N) is 3. The summed E-state index contributed by atoms with van der Waals surface area (Å²) in [6.07, 6.45) is 5.31. The van der Waals surface area contributed by atoms with E-state index < -0.39 is 11.9 Å². The van der Waals surface area contributed by atoms with E-state index in [-0.39, 0.29) is 0 Å². The maximum absolute atomic E-state index is 11.7. The van der Waals surface area contributed by atoms with Crippen LogP contribution in [0.25, 0.3) is 5.52 Å². The van der Waals surface area contributed by atoms with E-state index in [0.717, 1.165) is 15.6 Å². The summed E-state index contributed by atoms with van der Waals surface area (Å²) in [5.74, 6) is -1.59. The first kappa shape index (κ1) is 13.8. The zero-order valence-corrected chi connectivity index (χ0v) is 12.6. The number of benzene rings is 1. The van der Waals surface area contributed by atoms with Crippen LogP contribution in [0.5, 0.6) is 0 Å². The van der Waals surface area contributed by atoms with Gasteiger partial charge in [0.25, 0.3) is 0 Å². The third-order valence-electron chi connectivity index (χ3n) is 3.34. The Kier molecular flexibility index (Phi) is 3.70. The average Bonchev–Trinajstić information content (AvgIpc) is 2.95. The van der Waals surface area contributed by atoms with Gasteiger partial charge in [0.05, 0.1) is 17.4 Å². The smallest absolute Gasteiger partial charge is 0.313 e. The molecule has 5 nitrogen and oxygen atoms in total. The Bertz CT molecular complexity index is 783. The monoisotopic (exact) mass is 345 g/mol. The second-order valence-electron chi connectivity index (χ2n) is 4.69. The molecule has 0 aliphatic rings. The van der Waals surface area contributed by atoms with Gasteiger partial charge in [0.1, 0.15) is 5.92 Å². The van der Waals surface area contributed by atoms with Crippen LogP contribution >= 0.6 is 15.9 Å². The number of carbonyl (C=O) groups is 1. The lowest BCUT2D eigenvalue weighted by Crippen LogP contribution is -2.17. The van der Waals surface area contributed by atoms with E-state index >= 15 is 0 Å². The number of halogens is 1. The molecule has 0 aliphatic heterocycles. The first-order valence-corrected chi connectivity index (χ1v) is 7.20. The standard InChI is InChI=1S/C15H12BrN3O2/c16-11-3-1-10(2-4-11)9-12(15(20)21)14-13-5-6-18-19(13)8-7-17-14/h1-8,12H,9H2,(H,20,21). The quantitative estimate of drug-likeness (QED) is 0.789. The van der Waals surface area contributed by atoms with Crippen molar-refractivity contribution < 1.29 is 9.90 Å². The van der Waals surface area contributed by atoms with Gasteiger partial charge >= 0.3 is 5.97 Å². The Morgan fingerprint density at radius 1 is 1.24 bits per heavy atom. The molecule has 106 valence electrons. The van der Waals surface area contributed by atoms with E-state index in [9.17, 15) is 9.90 Å². The maximum Gasteiger partial charge on any atom is 0.313 e. The lowest BCUT2D eigenvalue weighted by atomic mass is 9.95. The number of carboxylic acid groups (broad SMARTS) is 1. The second kappa shape index (κ2) is 5.65. The Morgan fingerprint density at radius 3 is 2.71 bits per heavy atom. The average molecular weight is 346 g/mol. The van der Waals surface area contributed by atoms with Crippen molar-refractivity contribution in [2.45, 2.75) is 12.3 Å². The van der Waals surface area contributed by atoms with E-state index in [1.54, 1.807) is 29.2 Å². The molecule has 0 spiro atoms. The largest absolute Gasteiger partial charge is 0.481 e. The van der Waals surface area contributed by atoms with Crippen LogP contribution in [0.2, 0.25) is 0 Å². The van der Waals surface area contributed by atoms with Gasteiger partial charge in [-0.1, -0.05) is 28.1 Å². The molecule has 0 saturated heterocycles. The molecule has 0 aliphatic carbocycles. The predicted molar refractivity (Wildman–Crippen MR) is 81.2 cm³/mol. The normalized spacial score (nSPS) is 12.4. The fourth-order valence-electron chi connectivity index (χ4n) is 2.30. The van der Waals surface area contributed by atoms with E-state index in [0.29, 0.717) is 12.1 Å². The fraction of sp³-hybridized carbons (Fsp3) is 0.133. The summed E-state index contributed by atoms with van der Waals surface area (Å²) in [5.41, 5.74) is 2.21. The first-order valence-electron chi connectivity index (χ1n) is 6.40. The summed E-state index contributed by atoms with van der Waals surface area (Å²) in [7, 11) is 0. The van der Waals surface area contributed by atoms with Crippen molar-refractivity contribution in [1.82, 2.24) is 14.6 Å². The number of carboxylic acids is 1. The van der Waals surface area contributed by atoms with Crippen molar-refractivity contribution in [3.05, 3.63) is 64.7 Å². The van der Waals surface area contributed by atoms with Crippen LogP contribution < -0.4 is 0 Å². The van der Waals surface area contributed by atoms with Gasteiger partial charge in [-0.05, 0) is 30.2 Å².